The lowest BCUT2D eigenvalue weighted by atomic mass is 9.95. The molecule has 1 unspecified atom stereocenters. The predicted octanol–water partition coefficient (Wildman–Crippen LogP) is 7.21. The van der Waals surface area contributed by atoms with E-state index >= 15 is 0 Å². The van der Waals surface area contributed by atoms with Gasteiger partial charge in [-0.1, -0.05) is 138 Å². The Bertz CT molecular complexity index is 739. The molecule has 35 heavy (non-hydrogen) atoms. The van der Waals surface area contributed by atoms with Crippen LogP contribution in [-0.4, -0.2) is 34.1 Å². The number of aliphatic hydroxyl groups is 2. The van der Waals surface area contributed by atoms with E-state index in [1.165, 1.54) is 44.9 Å². The van der Waals surface area contributed by atoms with Crippen LogP contribution in [0.2, 0.25) is 0 Å². The van der Waals surface area contributed by atoms with Gasteiger partial charge in [0, 0.05) is 19.7 Å². The Balaban J connectivity index is 2.03. The quantitative estimate of drug-likeness (QED) is 0.119. The first kappa shape index (κ1) is 29.3. The number of aliphatic hydroxyl groups excluding tert-OH is 2. The second-order valence-corrected chi connectivity index (χ2v) is 9.58. The molecule has 0 spiro atoms. The summed E-state index contributed by atoms with van der Waals surface area (Å²) in [6, 6.07) is 20.6. The number of hydrogen-bond donors (Lipinski definition) is 2. The summed E-state index contributed by atoms with van der Waals surface area (Å²) in [5.74, 6) is 0. The number of unbranched alkanes of at least 4 members (excludes halogenated alkanes) is 8. The zero-order chi connectivity index (χ0) is 25.0. The van der Waals surface area contributed by atoms with Gasteiger partial charge in [-0.05, 0) is 24.0 Å². The van der Waals surface area contributed by atoms with Gasteiger partial charge in [-0.3, -0.25) is 4.84 Å². The van der Waals surface area contributed by atoms with Crippen LogP contribution >= 0.6 is 0 Å². The van der Waals surface area contributed by atoms with Gasteiger partial charge >= 0.3 is 0 Å². The molecule has 0 fully saturated rings. The van der Waals surface area contributed by atoms with E-state index in [1.54, 1.807) is 0 Å². The molecule has 4 heteroatoms. The van der Waals surface area contributed by atoms with Crippen molar-refractivity contribution in [2.45, 2.75) is 96.2 Å². The maximum absolute atomic E-state index is 10.5. The number of hydroxylamine groups is 2. The van der Waals surface area contributed by atoms with Gasteiger partial charge in [0.1, 0.15) is 5.60 Å². The minimum absolute atomic E-state index is 0.0911. The summed E-state index contributed by atoms with van der Waals surface area (Å²) in [7, 11) is 0. The average molecular weight is 482 g/mol. The lowest BCUT2D eigenvalue weighted by molar-refractivity contribution is -0.254. The Kier molecular flexibility index (Phi) is 15.3. The van der Waals surface area contributed by atoms with E-state index in [4.69, 9.17) is 4.84 Å². The highest BCUT2D eigenvalue weighted by Gasteiger charge is 2.30. The van der Waals surface area contributed by atoms with E-state index in [2.05, 4.69) is 31.2 Å². The molecule has 0 heterocycles. The zero-order valence-corrected chi connectivity index (χ0v) is 21.8. The van der Waals surface area contributed by atoms with E-state index in [0.29, 0.717) is 19.5 Å². The molecule has 2 rings (SSSR count). The standard InChI is InChI=1S/C31H47NO3/c1-2-3-4-5-6-7-8-9-16-23-31(28-34,24-17-18-25-33)35-32(26-29-19-12-10-13-20-29)27-30-21-14-11-15-22-30/h10-15,17,19-22,24,33-34H,2-9,16,18,23,25-28H2,1H3/b24-17+. The third-order valence-corrected chi connectivity index (χ3v) is 6.40. The number of rotatable bonds is 20. The molecule has 0 amide bonds. The van der Waals surface area contributed by atoms with E-state index in [1.807, 2.05) is 53.6 Å². The van der Waals surface area contributed by atoms with Crippen molar-refractivity contribution < 1.29 is 15.1 Å². The Morgan fingerprint density at radius 3 is 1.74 bits per heavy atom. The monoisotopic (exact) mass is 481 g/mol. The lowest BCUT2D eigenvalue weighted by Gasteiger charge is -2.35. The topological polar surface area (TPSA) is 52.9 Å². The average Bonchev–Trinajstić information content (AvgIpc) is 2.89. The predicted molar refractivity (Wildman–Crippen MR) is 146 cm³/mol. The highest BCUT2D eigenvalue weighted by Crippen LogP contribution is 2.26. The second-order valence-electron chi connectivity index (χ2n) is 9.58. The fraction of sp³-hybridized carbons (Fsp3) is 0.548. The van der Waals surface area contributed by atoms with Gasteiger partial charge in [-0.25, -0.2) is 0 Å². The number of hydrogen-bond acceptors (Lipinski definition) is 4. The smallest absolute Gasteiger partial charge is 0.131 e. The normalized spacial score (nSPS) is 13.5. The minimum atomic E-state index is -0.792. The van der Waals surface area contributed by atoms with E-state index in [9.17, 15) is 10.2 Å². The van der Waals surface area contributed by atoms with Crippen LogP contribution in [-0.2, 0) is 17.9 Å². The molecule has 2 aromatic rings. The van der Waals surface area contributed by atoms with Crippen molar-refractivity contribution in [1.82, 2.24) is 5.06 Å². The van der Waals surface area contributed by atoms with Crippen LogP contribution in [0.4, 0.5) is 0 Å². The van der Waals surface area contributed by atoms with Crippen LogP contribution in [0.5, 0.6) is 0 Å². The lowest BCUT2D eigenvalue weighted by Crippen LogP contribution is -2.42. The molecule has 2 N–H and O–H groups in total. The largest absolute Gasteiger partial charge is 0.396 e. The molecule has 0 aliphatic heterocycles. The second kappa shape index (κ2) is 18.3. The molecule has 194 valence electrons. The first-order valence-corrected chi connectivity index (χ1v) is 13.6. The van der Waals surface area contributed by atoms with E-state index in [-0.39, 0.29) is 13.2 Å². The van der Waals surface area contributed by atoms with Crippen LogP contribution < -0.4 is 0 Å². The van der Waals surface area contributed by atoms with Gasteiger partial charge in [0.05, 0.1) is 6.61 Å². The Morgan fingerprint density at radius 2 is 1.26 bits per heavy atom. The molecule has 1 atom stereocenters. The first-order valence-electron chi connectivity index (χ1n) is 13.6. The van der Waals surface area contributed by atoms with Crippen molar-refractivity contribution in [2.24, 2.45) is 0 Å². The number of nitrogens with zero attached hydrogens (tertiary/aromatic N) is 1. The van der Waals surface area contributed by atoms with Crippen LogP contribution in [0.1, 0.15) is 88.7 Å². The van der Waals surface area contributed by atoms with Crippen molar-refractivity contribution in [3.8, 4) is 0 Å². The molecule has 0 bridgehead atoms. The van der Waals surface area contributed by atoms with Crippen LogP contribution in [0, 0.1) is 0 Å². The molecular weight excluding hydrogens is 434 g/mol. The fourth-order valence-electron chi connectivity index (χ4n) is 4.38. The maximum atomic E-state index is 10.5. The van der Waals surface area contributed by atoms with Crippen molar-refractivity contribution in [3.05, 3.63) is 83.9 Å². The molecule has 0 aliphatic carbocycles. The van der Waals surface area contributed by atoms with E-state index in [0.717, 1.165) is 30.4 Å². The molecule has 0 aliphatic rings. The summed E-state index contributed by atoms with van der Waals surface area (Å²) >= 11 is 0. The SMILES string of the molecule is CCCCCCCCCCCC(/C=C/CCO)(CO)ON(Cc1ccccc1)Cc1ccccc1. The molecule has 2 aromatic carbocycles. The molecular formula is C31H47NO3. The summed E-state index contributed by atoms with van der Waals surface area (Å²) < 4.78 is 0. The highest BCUT2D eigenvalue weighted by molar-refractivity contribution is 5.17. The van der Waals surface area contributed by atoms with Crippen LogP contribution in [0.3, 0.4) is 0 Å². The Hall–Kier alpha value is -1.98. The Labute approximate surface area is 213 Å². The third kappa shape index (κ3) is 12.5. The van der Waals surface area contributed by atoms with Gasteiger partial charge in [0.15, 0.2) is 0 Å². The van der Waals surface area contributed by atoms with Crippen molar-refractivity contribution in [3.63, 3.8) is 0 Å². The van der Waals surface area contributed by atoms with Gasteiger partial charge in [-0.15, -0.1) is 0 Å². The third-order valence-electron chi connectivity index (χ3n) is 6.40. The Morgan fingerprint density at radius 1 is 0.743 bits per heavy atom. The van der Waals surface area contributed by atoms with Gasteiger partial charge in [0.2, 0.25) is 0 Å². The van der Waals surface area contributed by atoms with Crippen LogP contribution in [0.25, 0.3) is 0 Å². The van der Waals surface area contributed by atoms with Gasteiger partial charge in [-0.2, -0.15) is 5.06 Å². The maximum Gasteiger partial charge on any atom is 0.131 e. The number of benzene rings is 2. The molecule has 0 radical (unpaired) electrons. The van der Waals surface area contributed by atoms with Crippen molar-refractivity contribution >= 4 is 0 Å². The summed E-state index contributed by atoms with van der Waals surface area (Å²) in [6.07, 6.45) is 16.5. The molecule has 0 aromatic heterocycles. The van der Waals surface area contributed by atoms with E-state index < -0.39 is 5.60 Å². The summed E-state index contributed by atoms with van der Waals surface area (Å²) in [6.45, 7) is 3.51. The molecule has 0 saturated heterocycles. The zero-order valence-electron chi connectivity index (χ0n) is 21.8. The molecule has 0 saturated carbocycles. The minimum Gasteiger partial charge on any atom is -0.396 e. The highest BCUT2D eigenvalue weighted by atomic mass is 16.7. The van der Waals surface area contributed by atoms with Gasteiger partial charge in [0.25, 0.3) is 0 Å². The summed E-state index contributed by atoms with van der Waals surface area (Å²) in [4.78, 5) is 6.63. The fourth-order valence-corrected chi connectivity index (χ4v) is 4.38. The summed E-state index contributed by atoms with van der Waals surface area (Å²) in [5.41, 5.74) is 1.54. The summed E-state index contributed by atoms with van der Waals surface area (Å²) in [5, 5.41) is 21.8. The van der Waals surface area contributed by atoms with Crippen molar-refractivity contribution in [1.29, 1.82) is 0 Å². The van der Waals surface area contributed by atoms with Crippen LogP contribution in [0.15, 0.2) is 72.8 Å². The van der Waals surface area contributed by atoms with Crippen molar-refractivity contribution in [2.75, 3.05) is 13.2 Å². The molecule has 4 nitrogen and oxygen atoms in total. The first-order chi connectivity index (χ1) is 17.2. The van der Waals surface area contributed by atoms with Gasteiger partial charge < -0.3 is 10.2 Å².